The van der Waals surface area contributed by atoms with Gasteiger partial charge >= 0.3 is 0 Å². The maximum Gasteiger partial charge on any atom is 0.128 e. The largest absolute Gasteiger partial charge is 0.469 e. The Balaban J connectivity index is 2.18. The Hall–Kier alpha value is -1.61. The summed E-state index contributed by atoms with van der Waals surface area (Å²) in [5.74, 6) is 0.837. The van der Waals surface area contributed by atoms with Crippen LogP contribution in [0.25, 0.3) is 0 Å². The number of furan rings is 1. The first-order chi connectivity index (χ1) is 10.1. The Kier molecular flexibility index (Phi) is 5.57. The van der Waals surface area contributed by atoms with E-state index in [0.717, 1.165) is 48.3 Å². The number of halogens is 1. The first-order valence-electron chi connectivity index (χ1n) is 7.64. The minimum atomic E-state index is -0.111. The van der Waals surface area contributed by atoms with E-state index in [9.17, 15) is 4.39 Å². The lowest BCUT2D eigenvalue weighted by atomic mass is 9.94. The van der Waals surface area contributed by atoms with Crippen LogP contribution in [-0.4, -0.2) is 6.54 Å². The second-order valence-corrected chi connectivity index (χ2v) is 5.60. The monoisotopic (exact) mass is 289 g/mol. The SMILES string of the molecule is CCCNC(CCc1ccco1)c1c(C)cc(C)cc1F. The Labute approximate surface area is 126 Å². The predicted molar refractivity (Wildman–Crippen MR) is 83.9 cm³/mol. The van der Waals surface area contributed by atoms with Gasteiger partial charge in [0.05, 0.1) is 6.26 Å². The van der Waals surface area contributed by atoms with E-state index in [0.29, 0.717) is 0 Å². The maximum absolute atomic E-state index is 14.4. The summed E-state index contributed by atoms with van der Waals surface area (Å²) in [7, 11) is 0. The van der Waals surface area contributed by atoms with Crippen LogP contribution in [0.1, 0.15) is 48.3 Å². The van der Waals surface area contributed by atoms with Crippen LogP contribution in [0.15, 0.2) is 34.9 Å². The Morgan fingerprint density at radius 1 is 1.29 bits per heavy atom. The van der Waals surface area contributed by atoms with E-state index in [1.807, 2.05) is 32.0 Å². The summed E-state index contributed by atoms with van der Waals surface area (Å²) in [6.07, 6.45) is 4.35. The molecule has 0 fully saturated rings. The first-order valence-corrected chi connectivity index (χ1v) is 7.64. The second kappa shape index (κ2) is 7.41. The molecule has 1 atom stereocenters. The van der Waals surface area contributed by atoms with Crippen molar-refractivity contribution in [3.63, 3.8) is 0 Å². The van der Waals surface area contributed by atoms with Crippen LogP contribution in [0.4, 0.5) is 4.39 Å². The highest BCUT2D eigenvalue weighted by Gasteiger charge is 2.18. The Morgan fingerprint density at radius 3 is 2.71 bits per heavy atom. The summed E-state index contributed by atoms with van der Waals surface area (Å²) in [6, 6.07) is 7.55. The van der Waals surface area contributed by atoms with Gasteiger partial charge in [-0.2, -0.15) is 0 Å². The highest BCUT2D eigenvalue weighted by Crippen LogP contribution is 2.26. The van der Waals surface area contributed by atoms with Crippen molar-refractivity contribution in [3.05, 3.63) is 58.8 Å². The van der Waals surface area contributed by atoms with Crippen molar-refractivity contribution in [2.45, 2.75) is 46.1 Å². The molecule has 1 unspecified atom stereocenters. The number of benzene rings is 1. The molecular weight excluding hydrogens is 265 g/mol. The molecule has 0 aliphatic heterocycles. The molecule has 1 aromatic heterocycles. The van der Waals surface area contributed by atoms with Crippen LogP contribution >= 0.6 is 0 Å². The zero-order valence-electron chi connectivity index (χ0n) is 13.1. The number of hydrogen-bond donors (Lipinski definition) is 1. The third-order valence-corrected chi connectivity index (χ3v) is 3.73. The lowest BCUT2D eigenvalue weighted by Crippen LogP contribution is -2.24. The average molecular weight is 289 g/mol. The average Bonchev–Trinajstić information content (AvgIpc) is 2.93. The zero-order valence-corrected chi connectivity index (χ0v) is 13.1. The molecule has 0 spiro atoms. The third-order valence-electron chi connectivity index (χ3n) is 3.73. The molecule has 21 heavy (non-hydrogen) atoms. The van der Waals surface area contributed by atoms with Crippen LogP contribution in [0.3, 0.4) is 0 Å². The topological polar surface area (TPSA) is 25.2 Å². The van der Waals surface area contributed by atoms with E-state index in [2.05, 4.69) is 12.2 Å². The third kappa shape index (κ3) is 4.18. The van der Waals surface area contributed by atoms with Gasteiger partial charge < -0.3 is 9.73 Å². The van der Waals surface area contributed by atoms with Crippen molar-refractivity contribution in [3.8, 4) is 0 Å². The fraction of sp³-hybridized carbons (Fsp3) is 0.444. The molecule has 1 aromatic carbocycles. The van der Waals surface area contributed by atoms with Crippen LogP contribution in [0.5, 0.6) is 0 Å². The molecule has 0 saturated heterocycles. The Bertz CT molecular complexity index is 540. The standard InChI is InChI=1S/C18H24FNO/c1-4-9-20-17(8-7-15-6-5-10-21-15)18-14(3)11-13(2)12-16(18)19/h5-6,10-12,17,20H,4,7-9H2,1-3H3. The molecule has 0 amide bonds. The Morgan fingerprint density at radius 2 is 2.10 bits per heavy atom. The molecule has 2 nitrogen and oxygen atoms in total. The maximum atomic E-state index is 14.4. The van der Waals surface area contributed by atoms with Gasteiger partial charge in [-0.1, -0.05) is 13.0 Å². The molecular formula is C18H24FNO. The molecule has 2 rings (SSSR count). The lowest BCUT2D eigenvalue weighted by molar-refractivity contribution is 0.439. The normalized spacial score (nSPS) is 12.6. The molecule has 2 aromatic rings. The van der Waals surface area contributed by atoms with Gasteiger partial charge in [0.15, 0.2) is 0 Å². The number of hydrogen-bond acceptors (Lipinski definition) is 2. The quantitative estimate of drug-likeness (QED) is 0.798. The van der Waals surface area contributed by atoms with Crippen molar-refractivity contribution < 1.29 is 8.81 Å². The van der Waals surface area contributed by atoms with Gasteiger partial charge in [-0.3, -0.25) is 0 Å². The number of nitrogens with one attached hydrogen (secondary N) is 1. The summed E-state index contributed by atoms with van der Waals surface area (Å²) in [6.45, 7) is 6.92. The summed E-state index contributed by atoms with van der Waals surface area (Å²) >= 11 is 0. The van der Waals surface area contributed by atoms with Gasteiger partial charge in [-0.15, -0.1) is 0 Å². The first kappa shape index (κ1) is 15.8. The fourth-order valence-electron chi connectivity index (χ4n) is 2.78. The van der Waals surface area contributed by atoms with Crippen LogP contribution < -0.4 is 5.32 Å². The minimum absolute atomic E-state index is 0.0237. The van der Waals surface area contributed by atoms with Crippen molar-refractivity contribution in [1.82, 2.24) is 5.32 Å². The predicted octanol–water partition coefficient (Wildman–Crippen LogP) is 4.71. The molecule has 1 heterocycles. The number of rotatable bonds is 7. The van der Waals surface area contributed by atoms with Gasteiger partial charge in [0.25, 0.3) is 0 Å². The molecule has 0 saturated carbocycles. The van der Waals surface area contributed by atoms with Crippen LogP contribution in [0.2, 0.25) is 0 Å². The molecule has 0 aliphatic rings. The molecule has 0 bridgehead atoms. The highest BCUT2D eigenvalue weighted by molar-refractivity contribution is 5.34. The number of aryl methyl sites for hydroxylation is 3. The van der Waals surface area contributed by atoms with E-state index < -0.39 is 0 Å². The van der Waals surface area contributed by atoms with E-state index in [1.165, 1.54) is 0 Å². The van der Waals surface area contributed by atoms with E-state index in [-0.39, 0.29) is 11.9 Å². The van der Waals surface area contributed by atoms with Crippen molar-refractivity contribution in [2.24, 2.45) is 0 Å². The lowest BCUT2D eigenvalue weighted by Gasteiger charge is -2.21. The molecule has 0 radical (unpaired) electrons. The fourth-order valence-corrected chi connectivity index (χ4v) is 2.78. The van der Waals surface area contributed by atoms with Gasteiger partial charge in [-0.25, -0.2) is 4.39 Å². The van der Waals surface area contributed by atoms with Gasteiger partial charge in [0, 0.05) is 18.0 Å². The highest BCUT2D eigenvalue weighted by atomic mass is 19.1. The van der Waals surface area contributed by atoms with Gasteiger partial charge in [0.2, 0.25) is 0 Å². The summed E-state index contributed by atoms with van der Waals surface area (Å²) in [4.78, 5) is 0. The van der Waals surface area contributed by atoms with Crippen molar-refractivity contribution >= 4 is 0 Å². The summed E-state index contributed by atoms with van der Waals surface area (Å²) in [5.41, 5.74) is 2.77. The summed E-state index contributed by atoms with van der Waals surface area (Å²) in [5, 5.41) is 3.47. The minimum Gasteiger partial charge on any atom is -0.469 e. The molecule has 0 aliphatic carbocycles. The van der Waals surface area contributed by atoms with E-state index >= 15 is 0 Å². The smallest absolute Gasteiger partial charge is 0.128 e. The summed E-state index contributed by atoms with van der Waals surface area (Å²) < 4.78 is 19.8. The van der Waals surface area contributed by atoms with Gasteiger partial charge in [-0.05, 0) is 62.6 Å². The molecule has 3 heteroatoms. The van der Waals surface area contributed by atoms with E-state index in [4.69, 9.17) is 4.42 Å². The van der Waals surface area contributed by atoms with Crippen molar-refractivity contribution in [2.75, 3.05) is 6.54 Å². The zero-order chi connectivity index (χ0) is 15.2. The molecule has 1 N–H and O–H groups in total. The van der Waals surface area contributed by atoms with Crippen LogP contribution in [0, 0.1) is 19.7 Å². The van der Waals surface area contributed by atoms with Crippen LogP contribution in [-0.2, 0) is 6.42 Å². The van der Waals surface area contributed by atoms with Crippen molar-refractivity contribution in [1.29, 1.82) is 0 Å². The van der Waals surface area contributed by atoms with E-state index in [1.54, 1.807) is 12.3 Å². The molecule has 114 valence electrons. The second-order valence-electron chi connectivity index (χ2n) is 5.60. The van der Waals surface area contributed by atoms with Gasteiger partial charge in [0.1, 0.15) is 11.6 Å².